The summed E-state index contributed by atoms with van der Waals surface area (Å²) in [4.78, 5) is 42.1. The highest BCUT2D eigenvalue weighted by atomic mass is 16.3. The van der Waals surface area contributed by atoms with Crippen LogP contribution in [0.15, 0.2) is 78.9 Å². The van der Waals surface area contributed by atoms with Crippen LogP contribution in [0, 0.1) is 11.8 Å². The number of carbonyl (C=O) groups excluding carboxylic acids is 3. The van der Waals surface area contributed by atoms with Gasteiger partial charge in [-0.1, -0.05) is 81.6 Å². The minimum absolute atomic E-state index is 0.102. The smallest absolute Gasteiger partial charge is 0.265 e. The van der Waals surface area contributed by atoms with Crippen molar-refractivity contribution in [2.75, 3.05) is 26.2 Å². The summed E-state index contributed by atoms with van der Waals surface area (Å²) in [6.45, 7) is 9.72. The van der Waals surface area contributed by atoms with Crippen molar-refractivity contribution in [2.45, 2.75) is 71.9 Å². The van der Waals surface area contributed by atoms with Crippen molar-refractivity contribution in [1.82, 2.24) is 20.7 Å². The van der Waals surface area contributed by atoms with Crippen LogP contribution in [0.1, 0.15) is 95.6 Å². The Hall–Kier alpha value is -4.45. The molecular formula is C38H48N4O4. The van der Waals surface area contributed by atoms with E-state index in [-0.39, 0.29) is 18.4 Å². The lowest BCUT2D eigenvalue weighted by atomic mass is 9.99. The van der Waals surface area contributed by atoms with Crippen LogP contribution in [-0.2, 0) is 6.42 Å². The van der Waals surface area contributed by atoms with E-state index in [2.05, 4.69) is 29.5 Å². The number of hydrazine groups is 1. The summed E-state index contributed by atoms with van der Waals surface area (Å²) in [5, 5.41) is 16.4. The second-order valence-corrected chi connectivity index (χ2v) is 11.4. The molecule has 8 nitrogen and oxygen atoms in total. The zero-order valence-electron chi connectivity index (χ0n) is 27.6. The molecule has 3 aromatic carbocycles. The maximum Gasteiger partial charge on any atom is 0.265 e. The highest BCUT2D eigenvalue weighted by Crippen LogP contribution is 2.16. The standard InChI is InChI=1S/C38H48N4O4/c1-5-9-23-42(40-37(45)31-19-14-11-15-20-31)28-35(43)34(26-29-17-12-10-13-18-29)39-36(44)32-24-30(16-6-2)25-33(27-32)38(46)41(21-7-3)22-8-4/h10-15,17-20,24-25,27,34-35,43H,5,7-9,21-23,26,28H2,1-4H3,(H,39,44)(H,40,45). The molecule has 46 heavy (non-hydrogen) atoms. The second kappa shape index (κ2) is 19.2. The number of carbonyl (C=O) groups is 3. The molecule has 0 saturated heterocycles. The van der Waals surface area contributed by atoms with Crippen molar-refractivity contribution in [3.05, 3.63) is 107 Å². The number of aliphatic hydroxyl groups is 1. The zero-order chi connectivity index (χ0) is 33.3. The van der Waals surface area contributed by atoms with Crippen molar-refractivity contribution in [3.63, 3.8) is 0 Å². The molecule has 0 heterocycles. The van der Waals surface area contributed by atoms with E-state index in [1.807, 2.05) is 50.2 Å². The summed E-state index contributed by atoms with van der Waals surface area (Å²) in [5.74, 6) is 5.04. The third kappa shape index (κ3) is 11.2. The van der Waals surface area contributed by atoms with Crippen LogP contribution in [0.25, 0.3) is 0 Å². The summed E-state index contributed by atoms with van der Waals surface area (Å²) in [6, 6.07) is 22.9. The summed E-state index contributed by atoms with van der Waals surface area (Å²) in [5.41, 5.74) is 5.67. The Labute approximate surface area is 274 Å². The largest absolute Gasteiger partial charge is 0.390 e. The number of amides is 3. The molecule has 0 aromatic heterocycles. The SMILES string of the molecule is CC#Cc1cc(C(=O)NC(Cc2ccccc2)C(O)CN(CCCC)NC(=O)c2ccccc2)cc(C(=O)N(CCC)CCC)c1. The first-order valence-corrected chi connectivity index (χ1v) is 16.3. The molecule has 3 aromatic rings. The lowest BCUT2D eigenvalue weighted by Crippen LogP contribution is -2.53. The average molecular weight is 625 g/mol. The molecule has 0 aliphatic rings. The fourth-order valence-corrected chi connectivity index (χ4v) is 5.23. The Morgan fingerprint density at radius 2 is 1.41 bits per heavy atom. The molecule has 0 fully saturated rings. The molecule has 0 aliphatic heterocycles. The van der Waals surface area contributed by atoms with Crippen LogP contribution in [-0.4, -0.2) is 71.1 Å². The Kier molecular flexibility index (Phi) is 15.0. The van der Waals surface area contributed by atoms with Gasteiger partial charge in [0.1, 0.15) is 0 Å². The van der Waals surface area contributed by atoms with E-state index < -0.39 is 18.1 Å². The second-order valence-electron chi connectivity index (χ2n) is 11.4. The van der Waals surface area contributed by atoms with Gasteiger partial charge in [0.2, 0.25) is 0 Å². The van der Waals surface area contributed by atoms with Gasteiger partial charge in [-0.15, -0.1) is 5.92 Å². The highest BCUT2D eigenvalue weighted by Gasteiger charge is 2.26. The van der Waals surface area contributed by atoms with E-state index in [9.17, 15) is 19.5 Å². The maximum atomic E-state index is 13.8. The number of hydrogen-bond acceptors (Lipinski definition) is 5. The first-order valence-electron chi connectivity index (χ1n) is 16.3. The lowest BCUT2D eigenvalue weighted by Gasteiger charge is -2.30. The average Bonchev–Trinajstić information content (AvgIpc) is 3.07. The summed E-state index contributed by atoms with van der Waals surface area (Å²) in [6.07, 6.45) is 2.71. The van der Waals surface area contributed by atoms with Crippen LogP contribution in [0.2, 0.25) is 0 Å². The number of nitrogens with zero attached hydrogens (tertiary/aromatic N) is 2. The molecule has 2 unspecified atom stereocenters. The van der Waals surface area contributed by atoms with E-state index in [0.29, 0.717) is 48.3 Å². The molecule has 244 valence electrons. The number of aliphatic hydroxyl groups excluding tert-OH is 1. The first kappa shape index (κ1) is 36.0. The van der Waals surface area contributed by atoms with E-state index in [1.54, 1.807) is 59.3 Å². The molecule has 0 aliphatic carbocycles. The van der Waals surface area contributed by atoms with E-state index >= 15 is 0 Å². The van der Waals surface area contributed by atoms with Crippen LogP contribution in [0.4, 0.5) is 0 Å². The van der Waals surface area contributed by atoms with Gasteiger partial charge in [-0.25, -0.2) is 5.01 Å². The van der Waals surface area contributed by atoms with Crippen molar-refractivity contribution in [2.24, 2.45) is 0 Å². The van der Waals surface area contributed by atoms with Gasteiger partial charge < -0.3 is 15.3 Å². The quantitative estimate of drug-likeness (QED) is 0.137. The van der Waals surface area contributed by atoms with Crippen LogP contribution in [0.3, 0.4) is 0 Å². The molecule has 0 bridgehead atoms. The van der Waals surface area contributed by atoms with E-state index in [1.165, 1.54) is 0 Å². The van der Waals surface area contributed by atoms with Gasteiger partial charge in [0, 0.05) is 48.4 Å². The summed E-state index contributed by atoms with van der Waals surface area (Å²) in [7, 11) is 0. The molecular weight excluding hydrogens is 576 g/mol. The minimum Gasteiger partial charge on any atom is -0.390 e. The van der Waals surface area contributed by atoms with Crippen molar-refractivity contribution in [3.8, 4) is 11.8 Å². The van der Waals surface area contributed by atoms with E-state index in [4.69, 9.17) is 0 Å². The minimum atomic E-state index is -1.03. The Morgan fingerprint density at radius 1 is 0.783 bits per heavy atom. The predicted molar refractivity (Wildman–Crippen MR) is 183 cm³/mol. The summed E-state index contributed by atoms with van der Waals surface area (Å²) >= 11 is 0. The molecule has 3 N–H and O–H groups in total. The molecule has 0 radical (unpaired) electrons. The van der Waals surface area contributed by atoms with Gasteiger partial charge in [-0.2, -0.15) is 0 Å². The molecule has 3 amide bonds. The van der Waals surface area contributed by atoms with Gasteiger partial charge in [-0.05, 0) is 68.5 Å². The van der Waals surface area contributed by atoms with Crippen LogP contribution in [0.5, 0.6) is 0 Å². The number of benzene rings is 3. The Morgan fingerprint density at radius 3 is 2.02 bits per heavy atom. The van der Waals surface area contributed by atoms with Gasteiger partial charge >= 0.3 is 0 Å². The molecule has 8 heteroatoms. The van der Waals surface area contributed by atoms with Gasteiger partial charge in [0.25, 0.3) is 17.7 Å². The van der Waals surface area contributed by atoms with Crippen LogP contribution >= 0.6 is 0 Å². The number of unbranched alkanes of at least 4 members (excludes halogenated alkanes) is 1. The highest BCUT2D eigenvalue weighted by molar-refractivity contribution is 6.00. The number of rotatable bonds is 17. The maximum absolute atomic E-state index is 13.8. The third-order valence-corrected chi connectivity index (χ3v) is 7.55. The normalized spacial score (nSPS) is 12.0. The number of nitrogens with one attached hydrogen (secondary N) is 2. The molecule has 3 rings (SSSR count). The fourth-order valence-electron chi connectivity index (χ4n) is 5.23. The monoisotopic (exact) mass is 624 g/mol. The van der Waals surface area contributed by atoms with Gasteiger partial charge in [0.05, 0.1) is 12.1 Å². The van der Waals surface area contributed by atoms with Crippen LogP contribution < -0.4 is 10.7 Å². The fraction of sp³-hybridized carbons (Fsp3) is 0.395. The molecule has 0 spiro atoms. The molecule has 0 saturated carbocycles. The Bertz CT molecular complexity index is 1460. The zero-order valence-corrected chi connectivity index (χ0v) is 27.6. The van der Waals surface area contributed by atoms with Gasteiger partial charge in [-0.3, -0.25) is 19.8 Å². The number of hydrogen-bond donors (Lipinski definition) is 3. The van der Waals surface area contributed by atoms with Crippen molar-refractivity contribution in [1.29, 1.82) is 0 Å². The summed E-state index contributed by atoms with van der Waals surface area (Å²) < 4.78 is 0. The molecule has 2 atom stereocenters. The Balaban J connectivity index is 1.89. The third-order valence-electron chi connectivity index (χ3n) is 7.55. The first-order chi connectivity index (χ1) is 22.3. The lowest BCUT2D eigenvalue weighted by molar-refractivity contribution is 0.0446. The van der Waals surface area contributed by atoms with Crippen molar-refractivity contribution >= 4 is 17.7 Å². The van der Waals surface area contributed by atoms with E-state index in [0.717, 1.165) is 31.2 Å². The van der Waals surface area contributed by atoms with Crippen molar-refractivity contribution < 1.29 is 19.5 Å². The van der Waals surface area contributed by atoms with Gasteiger partial charge in [0.15, 0.2) is 0 Å². The predicted octanol–water partition coefficient (Wildman–Crippen LogP) is 5.47. The topological polar surface area (TPSA) is 102 Å².